The fourth-order valence-electron chi connectivity index (χ4n) is 6.77. The molecule has 2 saturated carbocycles. The Hall–Kier alpha value is -2.02. The molecule has 7 heteroatoms. The van der Waals surface area contributed by atoms with Gasteiger partial charge in [-0.05, 0) is 107 Å². The average Bonchev–Trinajstić information content (AvgIpc) is 3.90. The van der Waals surface area contributed by atoms with Crippen LogP contribution >= 0.6 is 11.6 Å². The van der Waals surface area contributed by atoms with Crippen molar-refractivity contribution in [1.82, 2.24) is 10.2 Å². The van der Waals surface area contributed by atoms with Crippen molar-refractivity contribution >= 4 is 29.2 Å². The quantitative estimate of drug-likeness (QED) is 0.248. The second kappa shape index (κ2) is 13.7. The highest BCUT2D eigenvalue weighted by atomic mass is 35.5. The summed E-state index contributed by atoms with van der Waals surface area (Å²) in [6.45, 7) is 12.0. The van der Waals surface area contributed by atoms with Crippen molar-refractivity contribution in [3.8, 4) is 0 Å². The molecule has 0 spiro atoms. The Morgan fingerprint density at radius 2 is 2.02 bits per heavy atom. The lowest BCUT2D eigenvalue weighted by molar-refractivity contribution is 0.0386. The lowest BCUT2D eigenvalue weighted by atomic mass is 9.91. The zero-order valence-corrected chi connectivity index (χ0v) is 27.1. The molecule has 5 nitrogen and oxygen atoms in total. The molecule has 1 aromatic carbocycles. The van der Waals surface area contributed by atoms with Gasteiger partial charge in [-0.25, -0.2) is 4.39 Å². The smallest absolute Gasteiger partial charge is 0.175 e. The summed E-state index contributed by atoms with van der Waals surface area (Å²) < 4.78 is 23.2. The Bertz CT molecular complexity index is 1260. The van der Waals surface area contributed by atoms with E-state index in [1.54, 1.807) is 0 Å². The molecule has 230 valence electrons. The van der Waals surface area contributed by atoms with E-state index in [4.69, 9.17) is 26.3 Å². The number of aryl methyl sites for hydroxylation is 1. The standard InChI is InChI=1S/C35H50ClFN4O/c1-6-9-25-11-8-16-41(20-25)23(3)29-19-39-33(28-17-26(10-7-2)18-30(36)31(28)27-12-13-27)32(37)34(29)40-24(4)42-22-35(14-15-35)21-38-5/h17-19,24-25,27,38H,6-16,20-22H2,1-5H3/b29-23+,40-34+. The van der Waals surface area contributed by atoms with E-state index >= 15 is 4.39 Å². The van der Waals surface area contributed by atoms with Gasteiger partial charge in [0.15, 0.2) is 5.83 Å². The maximum atomic E-state index is 16.9. The van der Waals surface area contributed by atoms with Crippen LogP contribution in [0.15, 0.2) is 39.2 Å². The molecule has 1 aromatic rings. The fraction of sp³-hybridized carbons (Fsp3) is 0.657. The van der Waals surface area contributed by atoms with Gasteiger partial charge in [0.1, 0.15) is 17.6 Å². The van der Waals surface area contributed by atoms with Gasteiger partial charge in [-0.15, -0.1) is 0 Å². The van der Waals surface area contributed by atoms with Crippen LogP contribution in [-0.4, -0.2) is 56.3 Å². The predicted octanol–water partition coefficient (Wildman–Crippen LogP) is 8.48. The first-order chi connectivity index (χ1) is 20.3. The van der Waals surface area contributed by atoms with E-state index in [1.807, 2.05) is 20.2 Å². The lowest BCUT2D eigenvalue weighted by Crippen LogP contribution is -2.36. The number of hydrogen-bond acceptors (Lipinski definition) is 5. The summed E-state index contributed by atoms with van der Waals surface area (Å²) >= 11 is 6.86. The zero-order valence-electron chi connectivity index (χ0n) is 26.4. The first-order valence-corrected chi connectivity index (χ1v) is 16.7. The van der Waals surface area contributed by atoms with Crippen LogP contribution in [0.25, 0.3) is 5.70 Å². The molecule has 0 bridgehead atoms. The number of nitrogens with one attached hydrogen (secondary N) is 1. The average molecular weight is 597 g/mol. The largest absolute Gasteiger partial charge is 0.374 e. The number of aliphatic imine (C=N–C) groups is 2. The van der Waals surface area contributed by atoms with E-state index in [2.05, 4.69) is 43.1 Å². The highest BCUT2D eigenvalue weighted by Crippen LogP contribution is 2.48. The van der Waals surface area contributed by atoms with Crippen LogP contribution < -0.4 is 5.32 Å². The van der Waals surface area contributed by atoms with E-state index in [0.29, 0.717) is 29.9 Å². The highest BCUT2D eigenvalue weighted by Gasteiger charge is 2.42. The number of ether oxygens (including phenoxy) is 1. The molecule has 0 aromatic heterocycles. The van der Waals surface area contributed by atoms with Crippen molar-refractivity contribution in [3.63, 3.8) is 0 Å². The van der Waals surface area contributed by atoms with Crippen molar-refractivity contribution in [3.05, 3.63) is 50.9 Å². The first kappa shape index (κ1) is 31.4. The lowest BCUT2D eigenvalue weighted by Gasteiger charge is -2.36. The fourth-order valence-corrected chi connectivity index (χ4v) is 7.17. The van der Waals surface area contributed by atoms with Gasteiger partial charge >= 0.3 is 0 Å². The van der Waals surface area contributed by atoms with Crippen LogP contribution in [0.2, 0.25) is 5.02 Å². The second-order valence-corrected chi connectivity index (χ2v) is 13.6. The molecule has 1 saturated heterocycles. The minimum absolute atomic E-state index is 0.184. The van der Waals surface area contributed by atoms with Gasteiger partial charge in [0.05, 0.1) is 6.61 Å². The summed E-state index contributed by atoms with van der Waals surface area (Å²) in [6.07, 6.45) is 12.6. The SMILES string of the molecule is CCCc1cc(Cl)c(C2CC2)c(C2=C(F)C(=N/C(C)OCC3(CNC)CC3)/C(=C(\C)N3CCCC(CCC)C3)C=N2)c1. The van der Waals surface area contributed by atoms with Crippen molar-refractivity contribution in [2.45, 2.75) is 104 Å². The molecule has 5 rings (SSSR count). The minimum Gasteiger partial charge on any atom is -0.374 e. The zero-order chi connectivity index (χ0) is 29.9. The summed E-state index contributed by atoms with van der Waals surface area (Å²) in [5.41, 5.74) is 5.70. The molecule has 2 aliphatic heterocycles. The summed E-state index contributed by atoms with van der Waals surface area (Å²) in [6, 6.07) is 4.18. The molecular weight excluding hydrogens is 547 g/mol. The third-order valence-corrected chi connectivity index (χ3v) is 9.81. The molecule has 1 N–H and O–H groups in total. The molecule has 2 heterocycles. The molecule has 0 amide bonds. The minimum atomic E-state index is -0.470. The maximum absolute atomic E-state index is 16.9. The number of rotatable bonds is 13. The number of likely N-dealkylation sites (tertiary alicyclic amines) is 1. The molecule has 2 atom stereocenters. The second-order valence-electron chi connectivity index (χ2n) is 13.1. The van der Waals surface area contributed by atoms with Gasteiger partial charge in [0.2, 0.25) is 0 Å². The van der Waals surface area contributed by atoms with E-state index in [1.165, 1.54) is 19.3 Å². The Morgan fingerprint density at radius 1 is 1.24 bits per heavy atom. The summed E-state index contributed by atoms with van der Waals surface area (Å²) in [4.78, 5) is 12.2. The first-order valence-electron chi connectivity index (χ1n) is 16.4. The van der Waals surface area contributed by atoms with Crippen LogP contribution in [0.3, 0.4) is 0 Å². The Kier molecular flexibility index (Phi) is 10.3. The Labute approximate surface area is 257 Å². The molecule has 0 radical (unpaired) electrons. The number of hydrogen-bond donors (Lipinski definition) is 1. The van der Waals surface area contributed by atoms with Crippen molar-refractivity contribution in [2.75, 3.05) is 33.3 Å². The van der Waals surface area contributed by atoms with Crippen molar-refractivity contribution < 1.29 is 9.13 Å². The molecular formula is C35H50ClFN4O. The van der Waals surface area contributed by atoms with Crippen LogP contribution in [-0.2, 0) is 11.2 Å². The number of benzene rings is 1. The van der Waals surface area contributed by atoms with Gasteiger partial charge in [-0.1, -0.05) is 38.3 Å². The van der Waals surface area contributed by atoms with E-state index < -0.39 is 6.23 Å². The predicted molar refractivity (Wildman–Crippen MR) is 174 cm³/mol. The Balaban J connectivity index is 1.54. The third-order valence-electron chi connectivity index (χ3n) is 9.49. The molecule has 2 aliphatic carbocycles. The van der Waals surface area contributed by atoms with Crippen LogP contribution in [0, 0.1) is 11.3 Å². The highest BCUT2D eigenvalue weighted by molar-refractivity contribution is 6.32. The monoisotopic (exact) mass is 596 g/mol. The van der Waals surface area contributed by atoms with E-state index in [9.17, 15) is 0 Å². The third kappa shape index (κ3) is 7.19. The van der Waals surface area contributed by atoms with Gasteiger partial charge in [0.25, 0.3) is 0 Å². The van der Waals surface area contributed by atoms with E-state index in [-0.39, 0.29) is 11.2 Å². The number of allylic oxidation sites excluding steroid dienone is 3. The van der Waals surface area contributed by atoms with E-state index in [0.717, 1.165) is 97.6 Å². The number of piperidine rings is 1. The van der Waals surface area contributed by atoms with Gasteiger partial charge in [-0.2, -0.15) is 0 Å². The maximum Gasteiger partial charge on any atom is 0.175 e. The Morgan fingerprint density at radius 3 is 2.69 bits per heavy atom. The van der Waals surface area contributed by atoms with Gasteiger partial charge in [0, 0.05) is 53.1 Å². The number of halogens is 2. The summed E-state index contributed by atoms with van der Waals surface area (Å²) in [7, 11) is 1.98. The van der Waals surface area contributed by atoms with Gasteiger partial charge in [-0.3, -0.25) is 9.98 Å². The molecule has 2 unspecified atom stereocenters. The van der Waals surface area contributed by atoms with Crippen LogP contribution in [0.4, 0.5) is 4.39 Å². The summed E-state index contributed by atoms with van der Waals surface area (Å²) in [5.74, 6) is 0.669. The van der Waals surface area contributed by atoms with Gasteiger partial charge < -0.3 is 15.0 Å². The van der Waals surface area contributed by atoms with Crippen LogP contribution in [0.5, 0.6) is 0 Å². The van der Waals surface area contributed by atoms with Crippen molar-refractivity contribution in [2.24, 2.45) is 21.3 Å². The van der Waals surface area contributed by atoms with Crippen molar-refractivity contribution in [1.29, 1.82) is 0 Å². The summed E-state index contributed by atoms with van der Waals surface area (Å²) in [5, 5.41) is 4.02. The molecule has 42 heavy (non-hydrogen) atoms. The topological polar surface area (TPSA) is 49.2 Å². The van der Waals surface area contributed by atoms with Crippen LogP contribution in [0.1, 0.15) is 108 Å². The number of nitrogens with zero attached hydrogens (tertiary/aromatic N) is 3. The molecule has 4 aliphatic rings. The normalized spacial score (nSPS) is 24.9. The molecule has 3 fully saturated rings.